The lowest BCUT2D eigenvalue weighted by atomic mass is 9.99. The number of rotatable bonds is 3. The molecule has 0 saturated heterocycles. The summed E-state index contributed by atoms with van der Waals surface area (Å²) in [6.07, 6.45) is 0. The van der Waals surface area contributed by atoms with Crippen LogP contribution in [-0.2, 0) is 14.1 Å². The maximum atomic E-state index is 13.8. The topological polar surface area (TPSA) is 70.2 Å². The summed E-state index contributed by atoms with van der Waals surface area (Å²) in [5, 5.41) is 4.20. The highest BCUT2D eigenvalue weighted by atomic mass is 16.5. The number of nitrogens with one attached hydrogen (secondary N) is 1. The van der Waals surface area contributed by atoms with E-state index >= 15 is 0 Å². The molecule has 3 aromatic carbocycles. The molecule has 0 amide bonds. The number of aromatic nitrogens is 3. The summed E-state index contributed by atoms with van der Waals surface area (Å²) in [6.45, 7) is 2.04. The van der Waals surface area contributed by atoms with Gasteiger partial charge in [0.1, 0.15) is 5.75 Å². The van der Waals surface area contributed by atoms with Gasteiger partial charge in [0.25, 0.3) is 5.56 Å². The van der Waals surface area contributed by atoms with Crippen LogP contribution in [0.15, 0.2) is 82.4 Å². The van der Waals surface area contributed by atoms with Gasteiger partial charge in [0.05, 0.1) is 46.8 Å². The molecule has 0 unspecified atom stereocenters. The van der Waals surface area contributed by atoms with Gasteiger partial charge < -0.3 is 14.6 Å². The zero-order valence-corrected chi connectivity index (χ0v) is 20.6. The monoisotopic (exact) mass is 478 g/mol. The number of nitrogens with zero attached hydrogens (tertiary/aromatic N) is 3. The normalized spacial score (nSPS) is 14.3. The van der Waals surface area contributed by atoms with Crippen molar-refractivity contribution >= 4 is 16.6 Å². The summed E-state index contributed by atoms with van der Waals surface area (Å²) < 4.78 is 10.5. The van der Waals surface area contributed by atoms with Crippen LogP contribution < -0.4 is 21.3 Å². The molecule has 0 saturated carbocycles. The number of hydrogen-bond donors (Lipinski definition) is 1. The Kier molecular flexibility index (Phi) is 4.89. The summed E-state index contributed by atoms with van der Waals surface area (Å²) in [6, 6.07) is 23.6. The highest BCUT2D eigenvalue weighted by molar-refractivity contribution is 5.99. The van der Waals surface area contributed by atoms with Gasteiger partial charge in [0.2, 0.25) is 0 Å². The van der Waals surface area contributed by atoms with Gasteiger partial charge in [-0.15, -0.1) is 0 Å². The average molecular weight is 479 g/mol. The van der Waals surface area contributed by atoms with Gasteiger partial charge in [-0.3, -0.25) is 13.9 Å². The SMILES string of the molecule is COc1cccc([C@H]2Nc3ccccc3-n3c(-c4ccccc4C)c4c(=O)n(C)c(=O)n(C)c4c32)c1. The van der Waals surface area contributed by atoms with Crippen molar-refractivity contribution < 1.29 is 4.74 Å². The van der Waals surface area contributed by atoms with Gasteiger partial charge in [-0.05, 0) is 42.3 Å². The first-order valence-corrected chi connectivity index (χ1v) is 11.8. The molecule has 1 aliphatic heterocycles. The fourth-order valence-electron chi connectivity index (χ4n) is 5.38. The number of ether oxygens (including phenoxy) is 1. The van der Waals surface area contributed by atoms with E-state index in [4.69, 9.17) is 4.74 Å². The minimum atomic E-state index is -0.361. The molecule has 0 fully saturated rings. The van der Waals surface area contributed by atoms with E-state index in [9.17, 15) is 9.59 Å². The number of aryl methyl sites for hydroxylation is 2. The fourth-order valence-corrected chi connectivity index (χ4v) is 5.38. The fraction of sp³-hybridized carbons (Fsp3) is 0.172. The molecule has 2 aromatic heterocycles. The van der Waals surface area contributed by atoms with E-state index in [0.29, 0.717) is 10.9 Å². The van der Waals surface area contributed by atoms with Gasteiger partial charge in [-0.2, -0.15) is 0 Å². The van der Waals surface area contributed by atoms with Crippen molar-refractivity contribution in [2.75, 3.05) is 12.4 Å². The Morgan fingerprint density at radius 2 is 1.64 bits per heavy atom. The van der Waals surface area contributed by atoms with E-state index in [0.717, 1.165) is 45.2 Å². The molecular weight excluding hydrogens is 452 g/mol. The molecule has 7 nitrogen and oxygen atoms in total. The molecule has 1 atom stereocenters. The van der Waals surface area contributed by atoms with Crippen molar-refractivity contribution in [2.45, 2.75) is 13.0 Å². The third-order valence-corrected chi connectivity index (χ3v) is 7.15. The molecule has 6 rings (SSSR count). The van der Waals surface area contributed by atoms with Crippen LogP contribution in [-0.4, -0.2) is 20.8 Å². The van der Waals surface area contributed by atoms with Gasteiger partial charge in [-0.1, -0.05) is 48.5 Å². The predicted octanol–water partition coefficient (Wildman–Crippen LogP) is 4.53. The Hall–Kier alpha value is -4.52. The Balaban J connectivity index is 1.87. The quantitative estimate of drug-likeness (QED) is 0.414. The number of benzene rings is 3. The van der Waals surface area contributed by atoms with Crippen LogP contribution in [0, 0.1) is 6.92 Å². The maximum absolute atomic E-state index is 13.8. The Morgan fingerprint density at radius 1 is 0.889 bits per heavy atom. The molecule has 0 aliphatic carbocycles. The van der Waals surface area contributed by atoms with Gasteiger partial charge in [0, 0.05) is 19.7 Å². The Morgan fingerprint density at radius 3 is 2.42 bits per heavy atom. The molecule has 1 aliphatic rings. The van der Waals surface area contributed by atoms with Crippen molar-refractivity contribution in [1.29, 1.82) is 0 Å². The second kappa shape index (κ2) is 8.02. The van der Waals surface area contributed by atoms with Crippen LogP contribution in [0.5, 0.6) is 5.75 Å². The summed E-state index contributed by atoms with van der Waals surface area (Å²) in [7, 11) is 4.91. The zero-order valence-electron chi connectivity index (χ0n) is 20.6. The number of anilines is 1. The number of hydrogen-bond acceptors (Lipinski definition) is 4. The molecule has 180 valence electrons. The standard InChI is InChI=1S/C29H26N4O3/c1-17-10-5-6-13-20(17)25-23-26(31(2)29(35)32(3)28(23)34)27-24(18-11-9-12-19(16-18)36-4)30-21-14-7-8-15-22(21)33(25)27/h5-16,24,30H,1-4H3/t24-/m1/s1. The highest BCUT2D eigenvalue weighted by Gasteiger charge is 2.35. The number of para-hydroxylation sites is 2. The maximum Gasteiger partial charge on any atom is 0.331 e. The van der Waals surface area contributed by atoms with Crippen molar-refractivity contribution in [3.05, 3.63) is 110 Å². The molecule has 0 radical (unpaired) electrons. The number of fused-ring (bicyclic) bond motifs is 5. The van der Waals surface area contributed by atoms with Crippen LogP contribution in [0.4, 0.5) is 5.69 Å². The molecular formula is C29H26N4O3. The van der Waals surface area contributed by atoms with E-state index in [-0.39, 0.29) is 17.3 Å². The van der Waals surface area contributed by atoms with Crippen molar-refractivity contribution in [3.63, 3.8) is 0 Å². The lowest BCUT2D eigenvalue weighted by molar-refractivity contribution is 0.414. The van der Waals surface area contributed by atoms with Crippen molar-refractivity contribution in [1.82, 2.24) is 13.7 Å². The second-order valence-corrected chi connectivity index (χ2v) is 9.18. The molecule has 5 aromatic rings. The minimum absolute atomic E-state index is 0.310. The van der Waals surface area contributed by atoms with Crippen molar-refractivity contribution in [3.8, 4) is 22.7 Å². The molecule has 0 bridgehead atoms. The van der Waals surface area contributed by atoms with Crippen LogP contribution in [0.1, 0.15) is 22.9 Å². The predicted molar refractivity (Wildman–Crippen MR) is 142 cm³/mol. The van der Waals surface area contributed by atoms with Gasteiger partial charge >= 0.3 is 5.69 Å². The summed E-state index contributed by atoms with van der Waals surface area (Å²) in [5.41, 5.74) is 6.41. The first kappa shape index (κ1) is 22.0. The summed E-state index contributed by atoms with van der Waals surface area (Å²) in [5.74, 6) is 0.736. The Labute approximate surface area is 207 Å². The summed E-state index contributed by atoms with van der Waals surface area (Å²) in [4.78, 5) is 26.9. The van der Waals surface area contributed by atoms with E-state index in [1.165, 1.54) is 11.6 Å². The Bertz CT molecular complexity index is 1790. The minimum Gasteiger partial charge on any atom is -0.497 e. The van der Waals surface area contributed by atoms with E-state index in [1.807, 2.05) is 79.7 Å². The van der Waals surface area contributed by atoms with E-state index < -0.39 is 0 Å². The smallest absolute Gasteiger partial charge is 0.331 e. The van der Waals surface area contributed by atoms with E-state index in [1.54, 1.807) is 18.7 Å². The molecule has 3 heterocycles. The molecule has 7 heteroatoms. The molecule has 1 N–H and O–H groups in total. The second-order valence-electron chi connectivity index (χ2n) is 9.18. The van der Waals surface area contributed by atoms with Crippen LogP contribution >= 0.6 is 0 Å². The van der Waals surface area contributed by atoms with Gasteiger partial charge in [-0.25, -0.2) is 4.79 Å². The van der Waals surface area contributed by atoms with Crippen molar-refractivity contribution in [2.24, 2.45) is 14.1 Å². The zero-order chi connectivity index (χ0) is 25.1. The third-order valence-electron chi connectivity index (χ3n) is 7.15. The molecule has 36 heavy (non-hydrogen) atoms. The van der Waals surface area contributed by atoms with Gasteiger partial charge in [0.15, 0.2) is 0 Å². The molecule has 0 spiro atoms. The van der Waals surface area contributed by atoms with Crippen LogP contribution in [0.2, 0.25) is 0 Å². The third kappa shape index (κ3) is 2.99. The van der Waals surface area contributed by atoms with E-state index in [2.05, 4.69) is 9.88 Å². The largest absolute Gasteiger partial charge is 0.497 e. The first-order chi connectivity index (χ1) is 17.4. The van der Waals surface area contributed by atoms with Crippen LogP contribution in [0.25, 0.3) is 27.8 Å². The lowest BCUT2D eigenvalue weighted by Crippen LogP contribution is -2.37. The lowest BCUT2D eigenvalue weighted by Gasteiger charge is -2.31. The van der Waals surface area contributed by atoms with Crippen LogP contribution in [0.3, 0.4) is 0 Å². The first-order valence-electron chi connectivity index (χ1n) is 11.8. The number of methoxy groups -OCH3 is 1. The summed E-state index contributed by atoms with van der Waals surface area (Å²) >= 11 is 0. The highest BCUT2D eigenvalue weighted by Crippen LogP contribution is 2.46. The average Bonchev–Trinajstić information content (AvgIpc) is 3.27.